The highest BCUT2D eigenvalue weighted by Crippen LogP contribution is 2.28. The molecule has 21 heavy (non-hydrogen) atoms. The lowest BCUT2D eigenvalue weighted by atomic mass is 9.96. The van der Waals surface area contributed by atoms with Crippen molar-refractivity contribution in [2.45, 2.75) is 38.3 Å². The average molecular weight is 288 g/mol. The summed E-state index contributed by atoms with van der Waals surface area (Å²) in [5, 5.41) is 18.2. The lowest BCUT2D eigenvalue weighted by molar-refractivity contribution is 0.000342. The monoisotopic (exact) mass is 288 g/mol. The first kappa shape index (κ1) is 14.0. The molecular formula is C15H20N4O2. The number of hydrogen-bond acceptors (Lipinski definition) is 4. The summed E-state index contributed by atoms with van der Waals surface area (Å²) in [5.74, 6) is -0.0489. The lowest BCUT2D eigenvalue weighted by Crippen LogP contribution is -2.48. The normalized spacial score (nSPS) is 19.4. The number of carbonyl (C=O) groups is 1. The largest absolute Gasteiger partial charge is 0.388 e. The predicted molar refractivity (Wildman–Crippen MR) is 78.9 cm³/mol. The molecule has 6 heteroatoms. The Morgan fingerprint density at radius 2 is 2.19 bits per heavy atom. The Morgan fingerprint density at radius 1 is 1.43 bits per heavy atom. The average Bonchev–Trinajstić information content (AvgIpc) is 3.04. The van der Waals surface area contributed by atoms with E-state index in [4.69, 9.17) is 0 Å². The molecule has 112 valence electrons. The third-order valence-corrected chi connectivity index (χ3v) is 4.19. The van der Waals surface area contributed by atoms with Crippen LogP contribution in [0.1, 0.15) is 37.0 Å². The molecule has 1 aromatic heterocycles. The van der Waals surface area contributed by atoms with Crippen LogP contribution >= 0.6 is 0 Å². The van der Waals surface area contributed by atoms with E-state index in [9.17, 15) is 9.90 Å². The van der Waals surface area contributed by atoms with E-state index in [1.54, 1.807) is 35.6 Å². The van der Waals surface area contributed by atoms with Crippen molar-refractivity contribution in [3.05, 3.63) is 23.8 Å². The van der Waals surface area contributed by atoms with Gasteiger partial charge in [0.15, 0.2) is 0 Å². The van der Waals surface area contributed by atoms with E-state index >= 15 is 0 Å². The third-order valence-electron chi connectivity index (χ3n) is 4.19. The second kappa shape index (κ2) is 4.80. The first-order valence-electron chi connectivity index (χ1n) is 7.21. The Labute approximate surface area is 123 Å². The van der Waals surface area contributed by atoms with Gasteiger partial charge >= 0.3 is 0 Å². The van der Waals surface area contributed by atoms with Gasteiger partial charge in [-0.3, -0.25) is 4.79 Å². The summed E-state index contributed by atoms with van der Waals surface area (Å²) >= 11 is 0. The molecule has 1 N–H and O–H groups in total. The van der Waals surface area contributed by atoms with Crippen molar-refractivity contribution in [2.75, 3.05) is 6.54 Å². The van der Waals surface area contributed by atoms with Crippen molar-refractivity contribution in [3.63, 3.8) is 0 Å². The molecule has 2 heterocycles. The van der Waals surface area contributed by atoms with Gasteiger partial charge in [0.25, 0.3) is 5.91 Å². The van der Waals surface area contributed by atoms with E-state index in [2.05, 4.69) is 10.3 Å². The smallest absolute Gasteiger partial charge is 0.254 e. The van der Waals surface area contributed by atoms with Crippen LogP contribution in [-0.4, -0.2) is 49.1 Å². The van der Waals surface area contributed by atoms with Gasteiger partial charge < -0.3 is 10.0 Å². The molecule has 0 saturated carbocycles. The molecule has 1 aromatic carbocycles. The molecule has 1 amide bonds. The van der Waals surface area contributed by atoms with Crippen molar-refractivity contribution in [3.8, 4) is 0 Å². The third kappa shape index (κ3) is 2.40. The van der Waals surface area contributed by atoms with Crippen LogP contribution in [-0.2, 0) is 7.05 Å². The van der Waals surface area contributed by atoms with Crippen molar-refractivity contribution in [2.24, 2.45) is 7.05 Å². The van der Waals surface area contributed by atoms with Gasteiger partial charge in [-0.2, -0.15) is 0 Å². The fourth-order valence-electron chi connectivity index (χ4n) is 3.08. The van der Waals surface area contributed by atoms with Gasteiger partial charge in [0, 0.05) is 19.2 Å². The molecule has 0 aliphatic carbocycles. The van der Waals surface area contributed by atoms with Crippen molar-refractivity contribution in [1.29, 1.82) is 0 Å². The molecule has 1 fully saturated rings. The van der Waals surface area contributed by atoms with Crippen LogP contribution in [0.2, 0.25) is 0 Å². The van der Waals surface area contributed by atoms with E-state index < -0.39 is 5.60 Å². The van der Waals surface area contributed by atoms with Gasteiger partial charge in [-0.15, -0.1) is 5.10 Å². The Morgan fingerprint density at radius 3 is 2.90 bits per heavy atom. The van der Waals surface area contributed by atoms with E-state index in [-0.39, 0.29) is 11.9 Å². The Kier molecular flexibility index (Phi) is 3.20. The topological polar surface area (TPSA) is 71.2 Å². The Hall–Kier alpha value is -1.95. The molecule has 1 aliphatic rings. The highest BCUT2D eigenvalue weighted by molar-refractivity contribution is 5.97. The minimum Gasteiger partial charge on any atom is -0.388 e. The number of aliphatic hydroxyl groups is 1. The van der Waals surface area contributed by atoms with E-state index in [0.29, 0.717) is 17.6 Å². The molecule has 1 aliphatic heterocycles. The van der Waals surface area contributed by atoms with Crippen molar-refractivity contribution < 1.29 is 9.90 Å². The van der Waals surface area contributed by atoms with Crippen LogP contribution < -0.4 is 0 Å². The van der Waals surface area contributed by atoms with E-state index in [1.165, 1.54) is 0 Å². The molecule has 0 bridgehead atoms. The van der Waals surface area contributed by atoms with Crippen LogP contribution in [0.25, 0.3) is 11.0 Å². The first-order chi connectivity index (χ1) is 9.88. The van der Waals surface area contributed by atoms with Gasteiger partial charge in [-0.1, -0.05) is 5.21 Å². The summed E-state index contributed by atoms with van der Waals surface area (Å²) in [6.07, 6.45) is 1.76. The van der Waals surface area contributed by atoms with Crippen LogP contribution in [0.15, 0.2) is 18.2 Å². The molecule has 1 unspecified atom stereocenters. The molecule has 6 nitrogen and oxygen atoms in total. The van der Waals surface area contributed by atoms with Crippen molar-refractivity contribution >= 4 is 16.9 Å². The van der Waals surface area contributed by atoms with Gasteiger partial charge in [0.1, 0.15) is 5.52 Å². The van der Waals surface area contributed by atoms with Gasteiger partial charge in [0.2, 0.25) is 0 Å². The SMILES string of the molecule is Cn1nnc2cc(C(=O)N3CCCC3C(C)(C)O)ccc21. The lowest BCUT2D eigenvalue weighted by Gasteiger charge is -2.33. The zero-order valence-electron chi connectivity index (χ0n) is 12.6. The molecule has 0 spiro atoms. The van der Waals surface area contributed by atoms with Gasteiger partial charge in [-0.25, -0.2) is 4.68 Å². The number of rotatable bonds is 2. The number of likely N-dealkylation sites (tertiary alicyclic amines) is 1. The number of aromatic nitrogens is 3. The maximum Gasteiger partial charge on any atom is 0.254 e. The van der Waals surface area contributed by atoms with Crippen LogP contribution in [0.3, 0.4) is 0 Å². The summed E-state index contributed by atoms with van der Waals surface area (Å²) in [5.41, 5.74) is 1.32. The summed E-state index contributed by atoms with van der Waals surface area (Å²) in [7, 11) is 1.82. The van der Waals surface area contributed by atoms with E-state index in [0.717, 1.165) is 18.4 Å². The Balaban J connectivity index is 1.92. The number of fused-ring (bicyclic) bond motifs is 1. The van der Waals surface area contributed by atoms with Crippen LogP contribution in [0.4, 0.5) is 0 Å². The standard InChI is InChI=1S/C15H20N4O2/c1-15(2,21)13-5-4-8-19(13)14(20)10-6-7-12-11(9-10)16-17-18(12)3/h6-7,9,13,21H,4-5,8H2,1-3H3. The number of hydrogen-bond donors (Lipinski definition) is 1. The van der Waals surface area contributed by atoms with Gasteiger partial charge in [-0.05, 0) is 44.9 Å². The molecule has 2 aromatic rings. The Bertz CT molecular complexity index is 687. The minimum absolute atomic E-state index is 0.0489. The summed E-state index contributed by atoms with van der Waals surface area (Å²) in [6.45, 7) is 4.20. The fraction of sp³-hybridized carbons (Fsp3) is 0.533. The zero-order chi connectivity index (χ0) is 15.2. The number of aryl methyl sites for hydroxylation is 1. The van der Waals surface area contributed by atoms with Gasteiger partial charge in [0.05, 0.1) is 17.2 Å². The molecule has 3 rings (SSSR count). The number of amides is 1. The summed E-state index contributed by atoms with van der Waals surface area (Å²) in [4.78, 5) is 14.5. The highest BCUT2D eigenvalue weighted by atomic mass is 16.3. The number of benzene rings is 1. The second-order valence-corrected chi connectivity index (χ2v) is 6.23. The number of carbonyl (C=O) groups excluding carboxylic acids is 1. The summed E-state index contributed by atoms with van der Waals surface area (Å²) < 4.78 is 1.68. The molecule has 0 radical (unpaired) electrons. The summed E-state index contributed by atoms with van der Waals surface area (Å²) in [6, 6.07) is 5.29. The van der Waals surface area contributed by atoms with Crippen LogP contribution in [0.5, 0.6) is 0 Å². The maximum atomic E-state index is 12.7. The number of nitrogens with zero attached hydrogens (tertiary/aromatic N) is 4. The van der Waals surface area contributed by atoms with Crippen LogP contribution in [0, 0.1) is 0 Å². The first-order valence-corrected chi connectivity index (χ1v) is 7.21. The van der Waals surface area contributed by atoms with Crippen molar-refractivity contribution in [1.82, 2.24) is 19.9 Å². The quantitative estimate of drug-likeness (QED) is 0.905. The minimum atomic E-state index is -0.886. The maximum absolute atomic E-state index is 12.7. The fourth-order valence-corrected chi connectivity index (χ4v) is 3.08. The molecular weight excluding hydrogens is 268 g/mol. The predicted octanol–water partition coefficient (Wildman–Crippen LogP) is 1.34. The highest BCUT2D eigenvalue weighted by Gasteiger charge is 2.38. The molecule has 1 saturated heterocycles. The van der Waals surface area contributed by atoms with E-state index in [1.807, 2.05) is 13.1 Å². The second-order valence-electron chi connectivity index (χ2n) is 6.23. The molecule has 1 atom stereocenters. The zero-order valence-corrected chi connectivity index (χ0v) is 12.6.